The molecular formula is C11H22O4. The van der Waals surface area contributed by atoms with E-state index in [-0.39, 0.29) is 12.1 Å². The van der Waals surface area contributed by atoms with Gasteiger partial charge >= 0.3 is 5.97 Å². The zero-order valence-electron chi connectivity index (χ0n) is 10.1. The van der Waals surface area contributed by atoms with Gasteiger partial charge in [-0.15, -0.1) is 0 Å². The van der Waals surface area contributed by atoms with Crippen LogP contribution in [-0.2, 0) is 19.0 Å². The van der Waals surface area contributed by atoms with E-state index in [9.17, 15) is 4.79 Å². The smallest absolute Gasteiger partial charge is 0.305 e. The standard InChI is InChI=1S/C11H22O4/c1-5-9(15-10(12)6-2)11(13-7-3)14-8-4/h9,11H,5-8H2,1-4H3. The van der Waals surface area contributed by atoms with Crippen molar-refractivity contribution < 1.29 is 19.0 Å². The van der Waals surface area contributed by atoms with Crippen molar-refractivity contribution in [1.29, 1.82) is 0 Å². The highest BCUT2D eigenvalue weighted by Crippen LogP contribution is 2.11. The monoisotopic (exact) mass is 218 g/mol. The molecular weight excluding hydrogens is 196 g/mol. The molecule has 0 aliphatic rings. The Morgan fingerprint density at radius 1 is 1.07 bits per heavy atom. The number of esters is 1. The van der Waals surface area contributed by atoms with Crippen LogP contribution in [0.2, 0.25) is 0 Å². The number of ether oxygens (including phenoxy) is 3. The van der Waals surface area contributed by atoms with Crippen LogP contribution in [0.5, 0.6) is 0 Å². The van der Waals surface area contributed by atoms with Crippen LogP contribution in [0, 0.1) is 0 Å². The lowest BCUT2D eigenvalue weighted by Gasteiger charge is -2.25. The van der Waals surface area contributed by atoms with Gasteiger partial charge < -0.3 is 14.2 Å². The average molecular weight is 218 g/mol. The number of hydrogen-bond donors (Lipinski definition) is 0. The quantitative estimate of drug-likeness (QED) is 0.462. The summed E-state index contributed by atoms with van der Waals surface area (Å²) < 4.78 is 16.0. The van der Waals surface area contributed by atoms with E-state index >= 15 is 0 Å². The van der Waals surface area contributed by atoms with E-state index in [1.165, 1.54) is 0 Å². The van der Waals surface area contributed by atoms with Gasteiger partial charge in [-0.05, 0) is 20.3 Å². The van der Waals surface area contributed by atoms with Crippen molar-refractivity contribution in [2.45, 2.75) is 52.9 Å². The van der Waals surface area contributed by atoms with Gasteiger partial charge in [0, 0.05) is 19.6 Å². The Morgan fingerprint density at radius 3 is 1.93 bits per heavy atom. The third-order valence-corrected chi connectivity index (χ3v) is 1.94. The van der Waals surface area contributed by atoms with Gasteiger partial charge in [-0.3, -0.25) is 4.79 Å². The topological polar surface area (TPSA) is 44.8 Å². The normalized spacial score (nSPS) is 12.9. The van der Waals surface area contributed by atoms with Crippen molar-refractivity contribution in [3.63, 3.8) is 0 Å². The molecule has 0 spiro atoms. The molecule has 0 heterocycles. The van der Waals surface area contributed by atoms with Crippen LogP contribution in [0.15, 0.2) is 0 Å². The lowest BCUT2D eigenvalue weighted by atomic mass is 10.2. The Bertz CT molecular complexity index is 164. The summed E-state index contributed by atoms with van der Waals surface area (Å²) in [4.78, 5) is 11.2. The van der Waals surface area contributed by atoms with Crippen LogP contribution in [0.25, 0.3) is 0 Å². The van der Waals surface area contributed by atoms with Crippen LogP contribution in [0.3, 0.4) is 0 Å². The fraction of sp³-hybridized carbons (Fsp3) is 0.909. The summed E-state index contributed by atoms with van der Waals surface area (Å²) >= 11 is 0. The highest BCUT2D eigenvalue weighted by molar-refractivity contribution is 5.69. The summed E-state index contributed by atoms with van der Waals surface area (Å²) in [6.07, 6.45) is 0.315. The Balaban J connectivity index is 4.23. The first-order valence-corrected chi connectivity index (χ1v) is 5.62. The predicted octanol–water partition coefficient (Wildman–Crippen LogP) is 2.12. The summed E-state index contributed by atoms with van der Waals surface area (Å²) in [5.74, 6) is -0.216. The van der Waals surface area contributed by atoms with Gasteiger partial charge in [0.25, 0.3) is 0 Å². The van der Waals surface area contributed by atoms with Gasteiger partial charge in [0.2, 0.25) is 0 Å². The number of carbonyl (C=O) groups excluding carboxylic acids is 1. The summed E-state index contributed by atoms with van der Waals surface area (Å²) in [7, 11) is 0. The third kappa shape index (κ3) is 5.74. The van der Waals surface area contributed by atoms with Crippen molar-refractivity contribution in [3.05, 3.63) is 0 Å². The van der Waals surface area contributed by atoms with E-state index in [4.69, 9.17) is 14.2 Å². The van der Waals surface area contributed by atoms with Gasteiger partial charge in [-0.1, -0.05) is 13.8 Å². The lowest BCUT2D eigenvalue weighted by Crippen LogP contribution is -2.35. The first-order valence-electron chi connectivity index (χ1n) is 5.62. The van der Waals surface area contributed by atoms with Gasteiger partial charge in [0.15, 0.2) is 12.4 Å². The molecule has 0 saturated carbocycles. The first-order chi connectivity index (χ1) is 7.19. The molecule has 0 saturated heterocycles. The zero-order valence-corrected chi connectivity index (χ0v) is 10.1. The van der Waals surface area contributed by atoms with Gasteiger partial charge in [0.1, 0.15) is 0 Å². The Morgan fingerprint density at radius 2 is 1.60 bits per heavy atom. The number of rotatable bonds is 8. The van der Waals surface area contributed by atoms with Crippen molar-refractivity contribution in [3.8, 4) is 0 Å². The second kappa shape index (κ2) is 8.68. The molecule has 0 aromatic carbocycles. The average Bonchev–Trinajstić information content (AvgIpc) is 2.25. The molecule has 15 heavy (non-hydrogen) atoms. The molecule has 0 rings (SSSR count). The van der Waals surface area contributed by atoms with Gasteiger partial charge in [0.05, 0.1) is 0 Å². The van der Waals surface area contributed by atoms with E-state index < -0.39 is 6.29 Å². The number of hydrogen-bond acceptors (Lipinski definition) is 4. The van der Waals surface area contributed by atoms with Gasteiger partial charge in [-0.25, -0.2) is 0 Å². The minimum atomic E-state index is -0.444. The maximum Gasteiger partial charge on any atom is 0.305 e. The molecule has 1 atom stereocenters. The first kappa shape index (κ1) is 14.4. The molecule has 0 aromatic rings. The second-order valence-electron chi connectivity index (χ2n) is 3.07. The van der Waals surface area contributed by atoms with Crippen molar-refractivity contribution in [2.75, 3.05) is 13.2 Å². The van der Waals surface area contributed by atoms with Gasteiger partial charge in [-0.2, -0.15) is 0 Å². The molecule has 90 valence electrons. The zero-order chi connectivity index (χ0) is 11.7. The van der Waals surface area contributed by atoms with E-state index in [0.717, 1.165) is 0 Å². The van der Waals surface area contributed by atoms with E-state index in [1.54, 1.807) is 6.92 Å². The molecule has 0 N–H and O–H groups in total. The summed E-state index contributed by atoms with van der Waals surface area (Å²) in [6, 6.07) is 0. The second-order valence-corrected chi connectivity index (χ2v) is 3.07. The molecule has 0 aliphatic heterocycles. The molecule has 4 heteroatoms. The number of carbonyl (C=O) groups is 1. The van der Waals surface area contributed by atoms with Crippen LogP contribution in [0.4, 0.5) is 0 Å². The highest BCUT2D eigenvalue weighted by Gasteiger charge is 2.23. The van der Waals surface area contributed by atoms with Crippen LogP contribution in [0.1, 0.15) is 40.5 Å². The maximum absolute atomic E-state index is 11.2. The van der Waals surface area contributed by atoms with E-state index in [1.807, 2.05) is 20.8 Å². The Hall–Kier alpha value is -0.610. The van der Waals surface area contributed by atoms with Crippen molar-refractivity contribution in [2.24, 2.45) is 0 Å². The minimum absolute atomic E-state index is 0.216. The Labute approximate surface area is 91.9 Å². The molecule has 0 fully saturated rings. The van der Waals surface area contributed by atoms with Crippen LogP contribution < -0.4 is 0 Å². The molecule has 0 bridgehead atoms. The van der Waals surface area contributed by atoms with E-state index in [2.05, 4.69) is 0 Å². The predicted molar refractivity (Wildman–Crippen MR) is 57.5 cm³/mol. The van der Waals surface area contributed by atoms with Crippen molar-refractivity contribution in [1.82, 2.24) is 0 Å². The lowest BCUT2D eigenvalue weighted by molar-refractivity contribution is -0.207. The maximum atomic E-state index is 11.2. The van der Waals surface area contributed by atoms with E-state index in [0.29, 0.717) is 26.1 Å². The highest BCUT2D eigenvalue weighted by atomic mass is 16.7. The summed E-state index contributed by atoms with van der Waals surface area (Å²) in [6.45, 7) is 8.58. The summed E-state index contributed by atoms with van der Waals surface area (Å²) in [5, 5.41) is 0. The molecule has 1 unspecified atom stereocenters. The molecule has 0 aliphatic carbocycles. The summed E-state index contributed by atoms with van der Waals surface area (Å²) in [5.41, 5.74) is 0. The minimum Gasteiger partial charge on any atom is -0.457 e. The molecule has 0 aromatic heterocycles. The molecule has 0 amide bonds. The van der Waals surface area contributed by atoms with Crippen molar-refractivity contribution >= 4 is 5.97 Å². The fourth-order valence-electron chi connectivity index (χ4n) is 1.17. The van der Waals surface area contributed by atoms with Crippen LogP contribution >= 0.6 is 0 Å². The largest absolute Gasteiger partial charge is 0.457 e. The van der Waals surface area contributed by atoms with Crippen LogP contribution in [-0.4, -0.2) is 31.6 Å². The fourth-order valence-corrected chi connectivity index (χ4v) is 1.17. The SMILES string of the molecule is CCOC(OCC)C(CC)OC(=O)CC. The molecule has 0 radical (unpaired) electrons. The molecule has 4 nitrogen and oxygen atoms in total. The Kier molecular flexibility index (Phi) is 8.33. The third-order valence-electron chi connectivity index (χ3n) is 1.94.